The van der Waals surface area contributed by atoms with Gasteiger partial charge in [0.2, 0.25) is 0 Å². The summed E-state index contributed by atoms with van der Waals surface area (Å²) < 4.78 is 0.718. The van der Waals surface area contributed by atoms with E-state index in [0.717, 1.165) is 36.1 Å². The Morgan fingerprint density at radius 1 is 1.35 bits per heavy atom. The summed E-state index contributed by atoms with van der Waals surface area (Å²) in [4.78, 5) is 15.1. The average molecular weight is 341 g/mol. The fourth-order valence-corrected chi connectivity index (χ4v) is 3.67. The van der Waals surface area contributed by atoms with Crippen LogP contribution in [-0.2, 0) is 0 Å². The van der Waals surface area contributed by atoms with Crippen LogP contribution in [0.15, 0.2) is 16.7 Å². The third-order valence-corrected chi connectivity index (χ3v) is 4.88. The van der Waals surface area contributed by atoms with Crippen LogP contribution in [0, 0.1) is 0 Å². The number of amides is 1. The molecule has 0 saturated carbocycles. The monoisotopic (exact) mass is 340 g/mol. The molecule has 6 nitrogen and oxygen atoms in total. The van der Waals surface area contributed by atoms with Crippen molar-refractivity contribution >= 4 is 27.8 Å². The van der Waals surface area contributed by atoms with E-state index in [9.17, 15) is 9.90 Å². The Kier molecular flexibility index (Phi) is 3.54. The molecule has 3 heterocycles. The van der Waals surface area contributed by atoms with Gasteiger partial charge in [0.05, 0.1) is 0 Å². The first-order valence-electron chi connectivity index (χ1n) is 6.79. The number of piperidine rings is 1. The Morgan fingerprint density at radius 3 is 2.50 bits per heavy atom. The van der Waals surface area contributed by atoms with Gasteiger partial charge in [-0.25, -0.2) is 4.79 Å². The molecule has 3 atom stereocenters. The summed E-state index contributed by atoms with van der Waals surface area (Å²) in [5.41, 5.74) is 0. The molecular weight excluding hydrogens is 324 g/mol. The van der Waals surface area contributed by atoms with Crippen LogP contribution in [0.3, 0.4) is 0 Å². The van der Waals surface area contributed by atoms with Gasteiger partial charge in [-0.3, -0.25) is 0 Å². The standard InChI is InChI=1S/C13H17BrN4O2/c1-17(12-5-4-11(14)15-16-12)10-6-8-2-3-9(7-10)18(8)13(19)20/h4-5,8-10H,2-3,6-7H2,1H3,(H,19,20)/t8-,9+,10?. The molecule has 2 fully saturated rings. The number of hydrogen-bond acceptors (Lipinski definition) is 4. The Balaban J connectivity index is 1.74. The third-order valence-electron chi connectivity index (χ3n) is 4.46. The number of halogens is 1. The summed E-state index contributed by atoms with van der Waals surface area (Å²) in [6.07, 6.45) is 2.93. The van der Waals surface area contributed by atoms with E-state index in [1.807, 2.05) is 19.2 Å². The van der Waals surface area contributed by atoms with E-state index in [1.54, 1.807) is 4.90 Å². The smallest absolute Gasteiger partial charge is 0.407 e. The van der Waals surface area contributed by atoms with Gasteiger partial charge in [0, 0.05) is 25.2 Å². The first kappa shape index (κ1) is 13.6. The minimum atomic E-state index is -0.776. The maximum atomic E-state index is 11.3. The van der Waals surface area contributed by atoms with Crippen LogP contribution in [0.25, 0.3) is 0 Å². The number of fused-ring (bicyclic) bond motifs is 2. The highest BCUT2D eigenvalue weighted by atomic mass is 79.9. The van der Waals surface area contributed by atoms with Crippen molar-refractivity contribution in [3.8, 4) is 0 Å². The lowest BCUT2D eigenvalue weighted by Crippen LogP contribution is -2.51. The van der Waals surface area contributed by atoms with Gasteiger partial charge in [-0.2, -0.15) is 0 Å². The maximum absolute atomic E-state index is 11.3. The SMILES string of the molecule is CN(c1ccc(Br)nn1)C1C[C@H]2CC[C@@H](C1)N2C(=O)O. The van der Waals surface area contributed by atoms with Crippen LogP contribution < -0.4 is 4.90 Å². The summed E-state index contributed by atoms with van der Waals surface area (Å²) in [6.45, 7) is 0. The van der Waals surface area contributed by atoms with E-state index in [4.69, 9.17) is 0 Å². The number of carboxylic acid groups (broad SMARTS) is 1. The highest BCUT2D eigenvalue weighted by Crippen LogP contribution is 2.38. The van der Waals surface area contributed by atoms with Gasteiger partial charge >= 0.3 is 6.09 Å². The lowest BCUT2D eigenvalue weighted by molar-refractivity contribution is 0.0965. The second kappa shape index (κ2) is 5.20. The van der Waals surface area contributed by atoms with Crippen LogP contribution in [0.4, 0.5) is 10.6 Å². The summed E-state index contributed by atoms with van der Waals surface area (Å²) in [5.74, 6) is 0.835. The number of rotatable bonds is 2. The minimum absolute atomic E-state index is 0.155. The molecule has 0 spiro atoms. The van der Waals surface area contributed by atoms with Crippen LogP contribution in [0.1, 0.15) is 25.7 Å². The lowest BCUT2D eigenvalue weighted by atomic mass is 9.96. The molecule has 3 rings (SSSR count). The quantitative estimate of drug-likeness (QED) is 0.894. The molecular formula is C13H17BrN4O2. The number of anilines is 1. The Labute approximate surface area is 125 Å². The second-order valence-corrected chi connectivity index (χ2v) is 6.34. The molecule has 2 saturated heterocycles. The van der Waals surface area contributed by atoms with Crippen molar-refractivity contribution in [3.05, 3.63) is 16.7 Å². The van der Waals surface area contributed by atoms with E-state index in [-0.39, 0.29) is 12.1 Å². The molecule has 1 N–H and O–H groups in total. The molecule has 7 heteroatoms. The van der Waals surface area contributed by atoms with Gasteiger partial charge < -0.3 is 14.9 Å². The zero-order chi connectivity index (χ0) is 14.3. The van der Waals surface area contributed by atoms with Crippen LogP contribution in [0.2, 0.25) is 0 Å². The number of hydrogen-bond donors (Lipinski definition) is 1. The molecule has 2 bridgehead atoms. The van der Waals surface area contributed by atoms with E-state index in [2.05, 4.69) is 31.0 Å². The molecule has 1 aromatic heterocycles. The van der Waals surface area contributed by atoms with Gasteiger partial charge in [0.15, 0.2) is 5.82 Å². The average Bonchev–Trinajstić information content (AvgIpc) is 2.70. The molecule has 20 heavy (non-hydrogen) atoms. The van der Waals surface area contributed by atoms with Crippen molar-refractivity contribution in [1.29, 1.82) is 0 Å². The molecule has 2 aliphatic rings. The largest absolute Gasteiger partial charge is 0.465 e. The number of carbonyl (C=O) groups is 1. The fourth-order valence-electron chi connectivity index (χ4n) is 3.46. The Hall–Kier alpha value is -1.37. The maximum Gasteiger partial charge on any atom is 0.407 e. The second-order valence-electron chi connectivity index (χ2n) is 5.53. The molecule has 1 aromatic rings. The zero-order valence-corrected chi connectivity index (χ0v) is 12.8. The summed E-state index contributed by atoms with van der Waals surface area (Å²) >= 11 is 3.28. The van der Waals surface area contributed by atoms with E-state index in [0.29, 0.717) is 6.04 Å². The van der Waals surface area contributed by atoms with Crippen LogP contribution in [-0.4, -0.2) is 51.5 Å². The van der Waals surface area contributed by atoms with Gasteiger partial charge in [0.1, 0.15) is 4.60 Å². The molecule has 1 amide bonds. The predicted molar refractivity (Wildman–Crippen MR) is 77.8 cm³/mol. The fraction of sp³-hybridized carbons (Fsp3) is 0.615. The van der Waals surface area contributed by atoms with Gasteiger partial charge in [0.25, 0.3) is 0 Å². The Morgan fingerprint density at radius 2 is 2.00 bits per heavy atom. The summed E-state index contributed by atoms with van der Waals surface area (Å²) in [5, 5.41) is 17.5. The molecule has 1 unspecified atom stereocenters. The van der Waals surface area contributed by atoms with Crippen molar-refractivity contribution in [1.82, 2.24) is 15.1 Å². The van der Waals surface area contributed by atoms with E-state index < -0.39 is 6.09 Å². The van der Waals surface area contributed by atoms with Crippen molar-refractivity contribution in [3.63, 3.8) is 0 Å². The lowest BCUT2D eigenvalue weighted by Gasteiger charge is -2.41. The van der Waals surface area contributed by atoms with E-state index >= 15 is 0 Å². The zero-order valence-electron chi connectivity index (χ0n) is 11.2. The van der Waals surface area contributed by atoms with E-state index in [1.165, 1.54) is 0 Å². The molecule has 0 radical (unpaired) electrons. The predicted octanol–water partition coefficient (Wildman–Crippen LogP) is 2.35. The van der Waals surface area contributed by atoms with Gasteiger partial charge in [-0.15, -0.1) is 10.2 Å². The van der Waals surface area contributed by atoms with Crippen molar-refractivity contribution in [2.24, 2.45) is 0 Å². The van der Waals surface area contributed by atoms with Crippen molar-refractivity contribution in [2.75, 3.05) is 11.9 Å². The summed E-state index contributed by atoms with van der Waals surface area (Å²) in [6, 6.07) is 4.45. The normalized spacial score (nSPS) is 28.5. The molecule has 0 aromatic carbocycles. The van der Waals surface area contributed by atoms with Crippen molar-refractivity contribution in [2.45, 2.75) is 43.8 Å². The Bertz CT molecular complexity index is 496. The summed E-state index contributed by atoms with van der Waals surface area (Å²) in [7, 11) is 2.01. The number of nitrogens with zero attached hydrogens (tertiary/aromatic N) is 4. The van der Waals surface area contributed by atoms with Crippen LogP contribution in [0.5, 0.6) is 0 Å². The topological polar surface area (TPSA) is 69.6 Å². The molecule has 0 aliphatic carbocycles. The first-order valence-corrected chi connectivity index (χ1v) is 7.59. The van der Waals surface area contributed by atoms with Crippen molar-refractivity contribution < 1.29 is 9.90 Å². The number of aromatic nitrogens is 2. The highest BCUT2D eigenvalue weighted by molar-refractivity contribution is 9.10. The highest BCUT2D eigenvalue weighted by Gasteiger charge is 2.44. The molecule has 108 valence electrons. The van der Waals surface area contributed by atoms with Gasteiger partial charge in [-0.05, 0) is 53.7 Å². The third kappa shape index (κ3) is 2.34. The molecule has 2 aliphatic heterocycles. The van der Waals surface area contributed by atoms with Gasteiger partial charge in [-0.1, -0.05) is 0 Å². The van der Waals surface area contributed by atoms with Crippen LogP contribution >= 0.6 is 15.9 Å². The first-order chi connectivity index (χ1) is 9.56. The minimum Gasteiger partial charge on any atom is -0.465 e.